The molecule has 1 aromatic heterocycles. The number of hydrogen-bond donors (Lipinski definition) is 1. The Hall–Kier alpha value is -0.840. The highest BCUT2D eigenvalue weighted by molar-refractivity contribution is 9.10. The first-order valence-electron chi connectivity index (χ1n) is 5.22. The zero-order chi connectivity index (χ0) is 12.3. The third kappa shape index (κ3) is 3.56. The van der Waals surface area contributed by atoms with Gasteiger partial charge in [0.25, 0.3) is 0 Å². The number of rotatable bonds is 4. The maximum atomic E-state index is 6.09. The van der Waals surface area contributed by atoms with Crippen LogP contribution >= 0.6 is 27.5 Å². The lowest BCUT2D eigenvalue weighted by molar-refractivity contribution is 0.388. The van der Waals surface area contributed by atoms with Crippen LogP contribution in [0.5, 0.6) is 0 Å². The molecule has 0 aliphatic carbocycles. The van der Waals surface area contributed by atoms with Gasteiger partial charge in [0.05, 0.1) is 5.69 Å². The summed E-state index contributed by atoms with van der Waals surface area (Å²) in [7, 11) is 0. The summed E-state index contributed by atoms with van der Waals surface area (Å²) in [5, 5.41) is 7.94. The average molecular weight is 316 g/mol. The molecule has 0 spiro atoms. The molecule has 2 rings (SSSR count). The Balaban J connectivity index is 1.91. The third-order valence-electron chi connectivity index (χ3n) is 2.31. The minimum Gasteiger partial charge on any atom is -0.361 e. The van der Waals surface area contributed by atoms with E-state index in [4.69, 9.17) is 16.1 Å². The first-order valence-corrected chi connectivity index (χ1v) is 6.39. The van der Waals surface area contributed by atoms with Crippen molar-refractivity contribution in [2.24, 2.45) is 0 Å². The van der Waals surface area contributed by atoms with E-state index in [2.05, 4.69) is 26.4 Å². The van der Waals surface area contributed by atoms with Gasteiger partial charge in [-0.1, -0.05) is 32.7 Å². The van der Waals surface area contributed by atoms with Gasteiger partial charge in [0.2, 0.25) is 0 Å². The van der Waals surface area contributed by atoms with Gasteiger partial charge in [0.1, 0.15) is 5.76 Å². The number of halogens is 2. The van der Waals surface area contributed by atoms with Crippen molar-refractivity contribution in [1.82, 2.24) is 10.5 Å². The van der Waals surface area contributed by atoms with E-state index >= 15 is 0 Å². The molecular formula is C12H12BrClN2O. The van der Waals surface area contributed by atoms with Crippen molar-refractivity contribution in [3.8, 4) is 0 Å². The molecule has 2 aromatic rings. The van der Waals surface area contributed by atoms with Gasteiger partial charge in [-0.25, -0.2) is 0 Å². The second-order valence-corrected chi connectivity index (χ2v) is 5.09. The smallest absolute Gasteiger partial charge is 0.133 e. The maximum Gasteiger partial charge on any atom is 0.133 e. The first-order chi connectivity index (χ1) is 8.15. The van der Waals surface area contributed by atoms with Gasteiger partial charge in [-0.05, 0) is 30.7 Å². The summed E-state index contributed by atoms with van der Waals surface area (Å²) in [6, 6.07) is 7.72. The Labute approximate surface area is 113 Å². The zero-order valence-corrected chi connectivity index (χ0v) is 11.7. The van der Waals surface area contributed by atoms with E-state index in [0.29, 0.717) is 13.1 Å². The van der Waals surface area contributed by atoms with E-state index in [1.54, 1.807) is 0 Å². The topological polar surface area (TPSA) is 38.1 Å². The van der Waals surface area contributed by atoms with Gasteiger partial charge >= 0.3 is 0 Å². The molecular weight excluding hydrogens is 304 g/mol. The van der Waals surface area contributed by atoms with E-state index in [-0.39, 0.29) is 0 Å². The Bertz CT molecular complexity index is 513. The van der Waals surface area contributed by atoms with Crippen LogP contribution in [0.1, 0.15) is 17.0 Å². The lowest BCUT2D eigenvalue weighted by atomic mass is 10.2. The lowest BCUT2D eigenvalue weighted by Gasteiger charge is -2.05. The minimum atomic E-state index is 0.667. The van der Waals surface area contributed by atoms with Crippen molar-refractivity contribution >= 4 is 27.5 Å². The summed E-state index contributed by atoms with van der Waals surface area (Å²) in [4.78, 5) is 0. The fourth-order valence-corrected chi connectivity index (χ4v) is 2.10. The summed E-state index contributed by atoms with van der Waals surface area (Å²) in [5.41, 5.74) is 1.95. The van der Waals surface area contributed by atoms with Gasteiger partial charge in [-0.3, -0.25) is 0 Å². The molecule has 1 N–H and O–H groups in total. The predicted molar refractivity (Wildman–Crippen MR) is 70.9 cm³/mol. The molecule has 0 atom stereocenters. The van der Waals surface area contributed by atoms with Gasteiger partial charge in [-0.2, -0.15) is 0 Å². The maximum absolute atomic E-state index is 6.09. The summed E-state index contributed by atoms with van der Waals surface area (Å²) in [5.74, 6) is 0.822. The normalized spacial score (nSPS) is 10.8. The van der Waals surface area contributed by atoms with Crippen molar-refractivity contribution in [1.29, 1.82) is 0 Å². The molecule has 0 aliphatic heterocycles. The molecule has 0 amide bonds. The summed E-state index contributed by atoms with van der Waals surface area (Å²) in [6.07, 6.45) is 0. The van der Waals surface area contributed by atoms with Crippen LogP contribution in [-0.4, -0.2) is 5.16 Å². The van der Waals surface area contributed by atoms with Crippen LogP contribution in [0.25, 0.3) is 0 Å². The highest BCUT2D eigenvalue weighted by Gasteiger charge is 2.03. The van der Waals surface area contributed by atoms with Crippen LogP contribution in [-0.2, 0) is 13.1 Å². The Morgan fingerprint density at radius 2 is 2.18 bits per heavy atom. The number of aryl methyl sites for hydroxylation is 1. The van der Waals surface area contributed by atoms with Crippen molar-refractivity contribution in [3.05, 3.63) is 50.8 Å². The van der Waals surface area contributed by atoms with Crippen molar-refractivity contribution in [2.75, 3.05) is 0 Å². The Morgan fingerprint density at radius 1 is 1.35 bits per heavy atom. The van der Waals surface area contributed by atoms with Gasteiger partial charge < -0.3 is 9.84 Å². The second-order valence-electron chi connectivity index (χ2n) is 3.77. The molecule has 0 bridgehead atoms. The Morgan fingerprint density at radius 3 is 2.88 bits per heavy atom. The van der Waals surface area contributed by atoms with E-state index in [1.165, 1.54) is 0 Å². The monoisotopic (exact) mass is 314 g/mol. The van der Waals surface area contributed by atoms with Crippen LogP contribution in [0.4, 0.5) is 0 Å². The van der Waals surface area contributed by atoms with Crippen molar-refractivity contribution in [3.63, 3.8) is 0 Å². The highest BCUT2D eigenvalue weighted by Crippen LogP contribution is 2.20. The molecule has 0 saturated heterocycles. The van der Waals surface area contributed by atoms with Gasteiger partial charge in [0.15, 0.2) is 0 Å². The molecule has 1 heterocycles. The molecule has 0 unspecified atom stereocenters. The number of hydrogen-bond acceptors (Lipinski definition) is 3. The molecule has 0 radical (unpaired) electrons. The molecule has 0 aliphatic rings. The van der Waals surface area contributed by atoms with E-state index in [0.717, 1.165) is 26.5 Å². The molecule has 3 nitrogen and oxygen atoms in total. The number of nitrogens with zero attached hydrogens (tertiary/aromatic N) is 1. The van der Waals surface area contributed by atoms with Gasteiger partial charge in [-0.15, -0.1) is 0 Å². The summed E-state index contributed by atoms with van der Waals surface area (Å²) >= 11 is 9.51. The van der Waals surface area contributed by atoms with E-state index in [1.807, 2.05) is 31.2 Å². The lowest BCUT2D eigenvalue weighted by Crippen LogP contribution is -2.13. The fourth-order valence-electron chi connectivity index (χ4n) is 1.51. The van der Waals surface area contributed by atoms with Crippen molar-refractivity contribution in [2.45, 2.75) is 20.0 Å². The standard InChI is InChI=1S/C12H12BrClN2O/c1-8-4-11(16-17-8)7-15-6-9-5-10(13)2-3-12(9)14/h2-5,15H,6-7H2,1H3. The minimum absolute atomic E-state index is 0.667. The molecule has 0 saturated carbocycles. The molecule has 0 fully saturated rings. The van der Waals surface area contributed by atoms with Crippen LogP contribution in [0.3, 0.4) is 0 Å². The molecule has 17 heavy (non-hydrogen) atoms. The molecule has 5 heteroatoms. The summed E-state index contributed by atoms with van der Waals surface area (Å²) in [6.45, 7) is 3.24. The van der Waals surface area contributed by atoms with E-state index in [9.17, 15) is 0 Å². The highest BCUT2D eigenvalue weighted by atomic mass is 79.9. The second kappa shape index (κ2) is 5.67. The number of nitrogens with one attached hydrogen (secondary N) is 1. The summed E-state index contributed by atoms with van der Waals surface area (Å²) < 4.78 is 6.01. The van der Waals surface area contributed by atoms with E-state index < -0.39 is 0 Å². The largest absolute Gasteiger partial charge is 0.361 e. The average Bonchev–Trinajstić information content (AvgIpc) is 2.69. The Kier molecular flexibility index (Phi) is 4.20. The van der Waals surface area contributed by atoms with Crippen LogP contribution in [0.15, 0.2) is 33.3 Å². The van der Waals surface area contributed by atoms with Crippen LogP contribution < -0.4 is 5.32 Å². The SMILES string of the molecule is Cc1cc(CNCc2cc(Br)ccc2Cl)no1. The third-order valence-corrected chi connectivity index (χ3v) is 3.17. The zero-order valence-electron chi connectivity index (χ0n) is 9.34. The van der Waals surface area contributed by atoms with Crippen LogP contribution in [0, 0.1) is 6.92 Å². The van der Waals surface area contributed by atoms with Gasteiger partial charge in [0, 0.05) is 28.7 Å². The quantitative estimate of drug-likeness (QED) is 0.935. The first kappa shape index (κ1) is 12.6. The fraction of sp³-hybridized carbons (Fsp3) is 0.250. The molecule has 90 valence electrons. The van der Waals surface area contributed by atoms with Crippen LogP contribution in [0.2, 0.25) is 5.02 Å². The number of aromatic nitrogens is 1. The molecule has 1 aromatic carbocycles. The number of benzene rings is 1. The predicted octanol–water partition coefficient (Wildman–Crippen LogP) is 3.69. The van der Waals surface area contributed by atoms with Crippen molar-refractivity contribution < 1.29 is 4.52 Å².